The third-order valence-corrected chi connectivity index (χ3v) is 15.7. The number of unbranched alkanes of at least 4 members (excludes halogenated alkanes) is 39. The fraction of sp³-hybridized carbons (Fsp3) is 0.836. The van der Waals surface area contributed by atoms with Crippen LogP contribution in [-0.4, -0.2) is 73.4 Å². The average molecular weight is 1090 g/mol. The molecule has 1 amide bonds. The maximum absolute atomic E-state index is 13.0. The fourth-order valence-corrected chi connectivity index (χ4v) is 10.3. The van der Waals surface area contributed by atoms with Crippen molar-refractivity contribution in [3.63, 3.8) is 0 Å². The molecule has 0 saturated heterocycles. The van der Waals surface area contributed by atoms with Crippen molar-refractivity contribution in [2.75, 3.05) is 40.9 Å². The molecule has 0 heterocycles. The summed E-state index contributed by atoms with van der Waals surface area (Å²) in [4.78, 5) is 23.3. The summed E-state index contributed by atoms with van der Waals surface area (Å²) in [5.41, 5.74) is 0. The first-order valence-electron chi connectivity index (χ1n) is 32.7. The Kier molecular flexibility index (Phi) is 56.5. The molecular formula is C67H128N2O6P+. The van der Waals surface area contributed by atoms with Crippen molar-refractivity contribution in [1.29, 1.82) is 0 Å². The highest BCUT2D eigenvalue weighted by molar-refractivity contribution is 7.47. The molecule has 3 atom stereocenters. The van der Waals surface area contributed by atoms with Gasteiger partial charge in [-0.2, -0.15) is 0 Å². The third-order valence-electron chi connectivity index (χ3n) is 14.7. The number of phosphoric ester groups is 1. The first-order valence-corrected chi connectivity index (χ1v) is 34.2. The molecule has 0 aromatic carbocycles. The summed E-state index contributed by atoms with van der Waals surface area (Å²) in [5.74, 6) is -0.187. The monoisotopic (exact) mass is 1090 g/mol. The average Bonchev–Trinajstić information content (AvgIpc) is 3.38. The minimum Gasteiger partial charge on any atom is -0.387 e. The number of carbonyl (C=O) groups excluding carboxylic acids is 1. The van der Waals surface area contributed by atoms with Crippen molar-refractivity contribution in [1.82, 2.24) is 5.32 Å². The van der Waals surface area contributed by atoms with Crippen LogP contribution in [0, 0.1) is 0 Å². The Balaban J connectivity index is 3.92. The molecule has 0 aromatic heterocycles. The quantitative estimate of drug-likeness (QED) is 0.0243. The molecule has 0 saturated carbocycles. The topological polar surface area (TPSA) is 105 Å². The van der Waals surface area contributed by atoms with Gasteiger partial charge in [0.25, 0.3) is 0 Å². The molecule has 76 heavy (non-hydrogen) atoms. The first-order chi connectivity index (χ1) is 37.0. The van der Waals surface area contributed by atoms with Crippen LogP contribution < -0.4 is 5.32 Å². The summed E-state index contributed by atoms with van der Waals surface area (Å²) in [6.45, 7) is 4.78. The van der Waals surface area contributed by atoms with E-state index >= 15 is 0 Å². The van der Waals surface area contributed by atoms with Gasteiger partial charge in [0, 0.05) is 6.42 Å². The maximum atomic E-state index is 13.0. The summed E-state index contributed by atoms with van der Waals surface area (Å²) in [6, 6.07) is -0.869. The Hall–Kier alpha value is -1.80. The molecule has 0 rings (SSSR count). The van der Waals surface area contributed by atoms with Crippen LogP contribution in [0.15, 0.2) is 60.8 Å². The van der Waals surface area contributed by atoms with Crippen molar-refractivity contribution in [3.8, 4) is 0 Å². The molecule has 9 heteroatoms. The zero-order valence-electron chi connectivity index (χ0n) is 51.0. The Bertz CT molecular complexity index is 1420. The van der Waals surface area contributed by atoms with E-state index in [0.29, 0.717) is 17.4 Å². The van der Waals surface area contributed by atoms with Crippen LogP contribution >= 0.6 is 7.82 Å². The van der Waals surface area contributed by atoms with Crippen LogP contribution in [0.4, 0.5) is 0 Å². The lowest BCUT2D eigenvalue weighted by atomic mass is 10.0. The number of aliphatic hydroxyl groups is 1. The van der Waals surface area contributed by atoms with Gasteiger partial charge in [-0.1, -0.05) is 286 Å². The lowest BCUT2D eigenvalue weighted by molar-refractivity contribution is -0.870. The Labute approximate surface area is 472 Å². The normalized spacial score (nSPS) is 14.1. The van der Waals surface area contributed by atoms with E-state index in [1.54, 1.807) is 6.08 Å². The number of likely N-dealkylation sites (N-methyl/N-ethyl adjacent to an activating group) is 1. The number of nitrogens with zero attached hydrogens (tertiary/aromatic N) is 1. The molecule has 0 bridgehead atoms. The molecule has 0 aromatic rings. The van der Waals surface area contributed by atoms with E-state index in [0.717, 1.165) is 51.4 Å². The Morgan fingerprint density at radius 3 is 1.13 bits per heavy atom. The number of quaternary nitrogens is 1. The van der Waals surface area contributed by atoms with Gasteiger partial charge in [-0.3, -0.25) is 13.8 Å². The molecule has 0 spiro atoms. The van der Waals surface area contributed by atoms with Crippen molar-refractivity contribution in [2.24, 2.45) is 0 Å². The number of amides is 1. The summed E-state index contributed by atoms with van der Waals surface area (Å²) < 4.78 is 23.7. The molecule has 8 nitrogen and oxygen atoms in total. The van der Waals surface area contributed by atoms with Crippen LogP contribution in [0.25, 0.3) is 0 Å². The molecule has 0 aliphatic carbocycles. The SMILES string of the molecule is CCCCCCC/C=C\C/C=C\CCCCCCCCCCCCCCCCCCCCCCCCCCCCCC(=O)NC(COP(=O)(O)OCC[N+](C)(C)C)C(O)/C=C/CC/C=C/CC/C=C/CCCCCCC. The van der Waals surface area contributed by atoms with E-state index in [9.17, 15) is 19.4 Å². The third kappa shape index (κ3) is 59.9. The van der Waals surface area contributed by atoms with Crippen molar-refractivity contribution in [3.05, 3.63) is 60.8 Å². The molecule has 0 aliphatic rings. The van der Waals surface area contributed by atoms with Gasteiger partial charge in [-0.15, -0.1) is 0 Å². The van der Waals surface area contributed by atoms with Gasteiger partial charge in [-0.05, 0) is 77.0 Å². The van der Waals surface area contributed by atoms with E-state index in [-0.39, 0.29) is 19.1 Å². The summed E-state index contributed by atoms with van der Waals surface area (Å²) in [5, 5.41) is 13.9. The second-order valence-corrected chi connectivity index (χ2v) is 24.9. The molecular weight excluding hydrogens is 960 g/mol. The van der Waals surface area contributed by atoms with Gasteiger partial charge in [0.1, 0.15) is 13.2 Å². The van der Waals surface area contributed by atoms with E-state index < -0.39 is 20.0 Å². The predicted molar refractivity (Wildman–Crippen MR) is 332 cm³/mol. The summed E-state index contributed by atoms with van der Waals surface area (Å²) in [6.07, 6.45) is 79.5. The Morgan fingerprint density at radius 1 is 0.447 bits per heavy atom. The summed E-state index contributed by atoms with van der Waals surface area (Å²) >= 11 is 0. The van der Waals surface area contributed by atoms with Gasteiger partial charge >= 0.3 is 7.82 Å². The number of aliphatic hydroxyl groups excluding tert-OH is 1. The zero-order chi connectivity index (χ0) is 55.6. The largest absolute Gasteiger partial charge is 0.472 e. The number of rotatable bonds is 60. The minimum atomic E-state index is -4.36. The van der Waals surface area contributed by atoms with Gasteiger partial charge in [0.2, 0.25) is 5.91 Å². The minimum absolute atomic E-state index is 0.0538. The highest BCUT2D eigenvalue weighted by Crippen LogP contribution is 2.43. The number of nitrogens with one attached hydrogen (secondary N) is 1. The van der Waals surface area contributed by atoms with E-state index in [1.165, 1.54) is 238 Å². The smallest absolute Gasteiger partial charge is 0.387 e. The highest BCUT2D eigenvalue weighted by atomic mass is 31.2. The van der Waals surface area contributed by atoms with E-state index in [2.05, 4.69) is 67.8 Å². The zero-order valence-corrected chi connectivity index (χ0v) is 51.9. The van der Waals surface area contributed by atoms with Gasteiger partial charge in [0.15, 0.2) is 0 Å². The van der Waals surface area contributed by atoms with Crippen molar-refractivity contribution >= 4 is 13.7 Å². The standard InChI is InChI=1S/C67H127N2O6P/c1-6-8-10-12-14-16-18-20-22-23-24-25-26-27-28-29-30-31-32-33-34-35-36-37-38-39-40-41-42-43-44-45-47-49-51-53-55-57-59-61-67(71)68-65(64-75-76(72,73)74-63-62-69(3,4)5)66(70)60-58-56-54-52-50-48-46-21-19-17-15-13-11-9-7-2/h18-21,23-24,50,52,58,60,65-66,70H,6-17,22,25-49,51,53-57,59,61-64H2,1-5H3,(H-,68,71,72,73)/p+1/b20-18-,21-19+,24-23-,52-50+,60-58+. The molecule has 3 N–H and O–H groups in total. The van der Waals surface area contributed by atoms with Crippen molar-refractivity contribution < 1.29 is 32.9 Å². The van der Waals surface area contributed by atoms with Crippen LogP contribution in [-0.2, 0) is 18.4 Å². The Morgan fingerprint density at radius 2 is 0.763 bits per heavy atom. The number of hydrogen-bond acceptors (Lipinski definition) is 5. The van der Waals surface area contributed by atoms with Crippen LogP contribution in [0.1, 0.15) is 309 Å². The number of hydrogen-bond donors (Lipinski definition) is 3. The lowest BCUT2D eigenvalue weighted by Crippen LogP contribution is -2.45. The number of phosphoric acid groups is 1. The van der Waals surface area contributed by atoms with Crippen LogP contribution in [0.3, 0.4) is 0 Å². The van der Waals surface area contributed by atoms with Crippen molar-refractivity contribution in [2.45, 2.75) is 321 Å². The number of carbonyl (C=O) groups is 1. The fourth-order valence-electron chi connectivity index (χ4n) is 9.58. The first kappa shape index (κ1) is 74.2. The number of allylic oxidation sites excluding steroid dienone is 9. The van der Waals surface area contributed by atoms with E-state index in [1.807, 2.05) is 27.2 Å². The molecule has 3 unspecified atom stereocenters. The maximum Gasteiger partial charge on any atom is 0.472 e. The molecule has 0 fully saturated rings. The summed E-state index contributed by atoms with van der Waals surface area (Å²) in [7, 11) is 1.55. The second-order valence-electron chi connectivity index (χ2n) is 23.5. The molecule has 0 aliphatic heterocycles. The van der Waals surface area contributed by atoms with Gasteiger partial charge < -0.3 is 19.8 Å². The lowest BCUT2D eigenvalue weighted by Gasteiger charge is -2.25. The van der Waals surface area contributed by atoms with Crippen LogP contribution in [0.2, 0.25) is 0 Å². The van der Waals surface area contributed by atoms with Crippen LogP contribution in [0.5, 0.6) is 0 Å². The van der Waals surface area contributed by atoms with Gasteiger partial charge in [0.05, 0.1) is 39.9 Å². The highest BCUT2D eigenvalue weighted by Gasteiger charge is 2.27. The molecule has 446 valence electrons. The molecule has 0 radical (unpaired) electrons. The van der Waals surface area contributed by atoms with Gasteiger partial charge in [-0.25, -0.2) is 4.57 Å². The van der Waals surface area contributed by atoms with E-state index in [4.69, 9.17) is 9.05 Å². The predicted octanol–water partition coefficient (Wildman–Crippen LogP) is 20.4. The second kappa shape index (κ2) is 57.9.